The maximum atomic E-state index is 9.96. The maximum absolute atomic E-state index is 9.96. The van der Waals surface area contributed by atoms with Crippen molar-refractivity contribution in [2.45, 2.75) is 38.5 Å². The van der Waals surface area contributed by atoms with Gasteiger partial charge in [0.25, 0.3) is 0 Å². The van der Waals surface area contributed by atoms with Crippen molar-refractivity contribution in [3.63, 3.8) is 0 Å². The molecule has 4 heterocycles. The molecule has 0 atom stereocenters. The van der Waals surface area contributed by atoms with Gasteiger partial charge in [-0.1, -0.05) is 12.1 Å². The molecule has 38 heavy (non-hydrogen) atoms. The summed E-state index contributed by atoms with van der Waals surface area (Å²) in [5, 5.41) is 14.7. The van der Waals surface area contributed by atoms with Crippen LogP contribution in [0.4, 0.5) is 0 Å². The fourth-order valence-corrected chi connectivity index (χ4v) is 4.59. The van der Waals surface area contributed by atoms with E-state index in [-0.39, 0.29) is 6.10 Å². The number of β-amino-alcohol motifs (C(OH)–C–C–N with tert-alkyl or cyclic N) is 1. The zero-order chi connectivity index (χ0) is 26.5. The van der Waals surface area contributed by atoms with Gasteiger partial charge in [0.2, 0.25) is 0 Å². The molecule has 0 amide bonds. The van der Waals surface area contributed by atoms with E-state index in [0.29, 0.717) is 26.1 Å². The number of methoxy groups -OCH3 is 1. The number of aromatic nitrogens is 5. The molecule has 4 aromatic rings. The molecule has 1 aliphatic rings. The minimum absolute atomic E-state index is 0.155. The highest BCUT2D eigenvalue weighted by atomic mass is 16.5. The Balaban J connectivity index is 1.26. The van der Waals surface area contributed by atoms with Crippen molar-refractivity contribution in [3.05, 3.63) is 78.6 Å². The smallest absolute Gasteiger partial charge is 0.133 e. The van der Waals surface area contributed by atoms with Crippen LogP contribution in [-0.4, -0.2) is 79.8 Å². The van der Waals surface area contributed by atoms with E-state index >= 15 is 0 Å². The molecule has 198 valence electrons. The molecule has 0 saturated carbocycles. The summed E-state index contributed by atoms with van der Waals surface area (Å²) >= 11 is 0. The first-order valence-corrected chi connectivity index (χ1v) is 12.9. The fourth-order valence-electron chi connectivity index (χ4n) is 4.59. The molecule has 5 rings (SSSR count). The SMILES string of the molecule is COCCn1cc(-c2ccnc(Cc3ccc(OC4CN(CC(C)(C)O)C4)cc3)n2)c(-c2cccnc2)n1. The van der Waals surface area contributed by atoms with Crippen LogP contribution in [0.25, 0.3) is 22.5 Å². The first kappa shape index (κ1) is 26.0. The van der Waals surface area contributed by atoms with Gasteiger partial charge in [0.1, 0.15) is 23.4 Å². The Kier molecular flexibility index (Phi) is 7.78. The molecule has 1 N–H and O–H groups in total. The van der Waals surface area contributed by atoms with Crippen molar-refractivity contribution in [1.29, 1.82) is 0 Å². The van der Waals surface area contributed by atoms with Crippen molar-refractivity contribution >= 4 is 0 Å². The van der Waals surface area contributed by atoms with Gasteiger partial charge in [0, 0.05) is 69.1 Å². The van der Waals surface area contributed by atoms with Crippen LogP contribution in [0.1, 0.15) is 25.2 Å². The monoisotopic (exact) mass is 514 g/mol. The molecule has 0 bridgehead atoms. The predicted molar refractivity (Wildman–Crippen MR) is 145 cm³/mol. The Morgan fingerprint density at radius 2 is 1.89 bits per heavy atom. The van der Waals surface area contributed by atoms with Gasteiger partial charge < -0.3 is 14.6 Å². The standard InChI is InChI=1S/C29H34N6O3/c1-29(2,36)20-34-17-24(18-34)38-23-8-6-21(7-9-23)15-27-31-12-10-26(32-27)25-19-35(13-14-37-3)33-28(25)22-5-4-11-30-16-22/h4-12,16,19,24,36H,13-15,17-18,20H2,1-3H3. The second kappa shape index (κ2) is 11.4. The van der Waals surface area contributed by atoms with E-state index < -0.39 is 5.60 Å². The highest BCUT2D eigenvalue weighted by molar-refractivity contribution is 5.78. The van der Waals surface area contributed by atoms with Crippen LogP contribution in [0.15, 0.2) is 67.3 Å². The van der Waals surface area contributed by atoms with Gasteiger partial charge in [-0.15, -0.1) is 0 Å². The van der Waals surface area contributed by atoms with Gasteiger partial charge in [0.15, 0.2) is 0 Å². The molecule has 1 fully saturated rings. The molecule has 1 aromatic carbocycles. The molecule has 1 aliphatic heterocycles. The Morgan fingerprint density at radius 3 is 2.61 bits per heavy atom. The number of pyridine rings is 1. The van der Waals surface area contributed by atoms with Crippen molar-refractivity contribution in [3.8, 4) is 28.3 Å². The molecule has 0 radical (unpaired) electrons. The quantitative estimate of drug-likeness (QED) is 0.325. The molecule has 0 unspecified atom stereocenters. The normalized spacial score (nSPS) is 14.4. The Hall–Kier alpha value is -3.66. The number of likely N-dealkylation sites (tertiary alicyclic amines) is 1. The number of hydrogen-bond acceptors (Lipinski definition) is 8. The van der Waals surface area contributed by atoms with Crippen LogP contribution in [0.5, 0.6) is 5.75 Å². The fraction of sp³-hybridized carbons (Fsp3) is 0.379. The summed E-state index contributed by atoms with van der Waals surface area (Å²) in [6, 6.07) is 13.9. The molecule has 0 aliphatic carbocycles. The number of benzene rings is 1. The second-order valence-electron chi connectivity index (χ2n) is 10.3. The second-order valence-corrected chi connectivity index (χ2v) is 10.3. The summed E-state index contributed by atoms with van der Waals surface area (Å²) in [6.45, 7) is 7.19. The average Bonchev–Trinajstić information content (AvgIpc) is 3.32. The molecular weight excluding hydrogens is 480 g/mol. The van der Waals surface area contributed by atoms with Crippen LogP contribution >= 0.6 is 0 Å². The van der Waals surface area contributed by atoms with Gasteiger partial charge >= 0.3 is 0 Å². The topological polar surface area (TPSA) is 98.4 Å². The summed E-state index contributed by atoms with van der Waals surface area (Å²) in [5.74, 6) is 1.58. The lowest BCUT2D eigenvalue weighted by Gasteiger charge is -2.41. The highest BCUT2D eigenvalue weighted by Crippen LogP contribution is 2.30. The lowest BCUT2D eigenvalue weighted by Crippen LogP contribution is -2.57. The van der Waals surface area contributed by atoms with Gasteiger partial charge in [-0.2, -0.15) is 5.10 Å². The lowest BCUT2D eigenvalue weighted by molar-refractivity contribution is -0.0363. The Labute approximate surface area is 223 Å². The molecule has 9 nitrogen and oxygen atoms in total. The first-order valence-electron chi connectivity index (χ1n) is 12.9. The molecule has 1 saturated heterocycles. The summed E-state index contributed by atoms with van der Waals surface area (Å²) in [7, 11) is 1.68. The third-order valence-electron chi connectivity index (χ3n) is 6.33. The van der Waals surface area contributed by atoms with E-state index in [1.807, 2.05) is 61.3 Å². The zero-order valence-electron chi connectivity index (χ0n) is 22.1. The van der Waals surface area contributed by atoms with Crippen LogP contribution in [-0.2, 0) is 17.7 Å². The molecule has 9 heteroatoms. The van der Waals surface area contributed by atoms with Gasteiger partial charge in [-0.05, 0) is 49.7 Å². The van der Waals surface area contributed by atoms with E-state index in [1.165, 1.54) is 0 Å². The number of nitrogens with zero attached hydrogens (tertiary/aromatic N) is 6. The Morgan fingerprint density at radius 1 is 1.08 bits per heavy atom. The van der Waals surface area contributed by atoms with Crippen LogP contribution < -0.4 is 4.74 Å². The van der Waals surface area contributed by atoms with E-state index in [4.69, 9.17) is 19.6 Å². The first-order chi connectivity index (χ1) is 18.4. The molecule has 3 aromatic heterocycles. The lowest BCUT2D eigenvalue weighted by atomic mass is 10.1. The predicted octanol–water partition coefficient (Wildman–Crippen LogP) is 3.47. The minimum atomic E-state index is -0.684. The summed E-state index contributed by atoms with van der Waals surface area (Å²) in [4.78, 5) is 15.9. The Bertz CT molecular complexity index is 1330. The number of hydrogen-bond donors (Lipinski definition) is 1. The number of ether oxygens (including phenoxy) is 2. The summed E-state index contributed by atoms with van der Waals surface area (Å²) in [6.07, 6.45) is 8.13. The van der Waals surface area contributed by atoms with E-state index in [0.717, 1.165) is 52.7 Å². The largest absolute Gasteiger partial charge is 0.488 e. The number of aliphatic hydroxyl groups is 1. The van der Waals surface area contributed by atoms with Crippen LogP contribution in [0.2, 0.25) is 0 Å². The van der Waals surface area contributed by atoms with Crippen molar-refractivity contribution in [2.24, 2.45) is 0 Å². The number of rotatable bonds is 11. The van der Waals surface area contributed by atoms with Gasteiger partial charge in [0.05, 0.1) is 24.4 Å². The van der Waals surface area contributed by atoms with E-state index in [2.05, 4.69) is 27.0 Å². The maximum Gasteiger partial charge on any atom is 0.133 e. The van der Waals surface area contributed by atoms with Crippen LogP contribution in [0.3, 0.4) is 0 Å². The third kappa shape index (κ3) is 6.61. The van der Waals surface area contributed by atoms with Crippen molar-refractivity contribution in [1.82, 2.24) is 29.6 Å². The average molecular weight is 515 g/mol. The van der Waals surface area contributed by atoms with Crippen molar-refractivity contribution in [2.75, 3.05) is 33.4 Å². The van der Waals surface area contributed by atoms with Crippen LogP contribution in [0, 0.1) is 0 Å². The zero-order valence-corrected chi connectivity index (χ0v) is 22.1. The van der Waals surface area contributed by atoms with Gasteiger partial charge in [-0.25, -0.2) is 9.97 Å². The molecular formula is C29H34N6O3. The summed E-state index contributed by atoms with van der Waals surface area (Å²) in [5.41, 5.74) is 3.94. The highest BCUT2D eigenvalue weighted by Gasteiger charge is 2.31. The van der Waals surface area contributed by atoms with E-state index in [9.17, 15) is 5.11 Å². The van der Waals surface area contributed by atoms with E-state index in [1.54, 1.807) is 19.5 Å². The molecule has 0 spiro atoms. The summed E-state index contributed by atoms with van der Waals surface area (Å²) < 4.78 is 13.2. The van der Waals surface area contributed by atoms with Gasteiger partial charge in [-0.3, -0.25) is 14.6 Å². The minimum Gasteiger partial charge on any atom is -0.488 e. The third-order valence-corrected chi connectivity index (χ3v) is 6.33. The van der Waals surface area contributed by atoms with Crippen molar-refractivity contribution < 1.29 is 14.6 Å².